The van der Waals surface area contributed by atoms with E-state index in [-0.39, 0.29) is 5.66 Å². The highest BCUT2D eigenvalue weighted by Crippen LogP contribution is 2.56. The van der Waals surface area contributed by atoms with Gasteiger partial charge in [0.15, 0.2) is 0 Å². The van der Waals surface area contributed by atoms with Gasteiger partial charge in [-0.1, -0.05) is 19.8 Å². The van der Waals surface area contributed by atoms with Gasteiger partial charge in [-0.15, -0.1) is 0 Å². The van der Waals surface area contributed by atoms with Crippen molar-refractivity contribution >= 4 is 18.0 Å². The van der Waals surface area contributed by atoms with Crippen LogP contribution in [0.5, 0.6) is 0 Å². The van der Waals surface area contributed by atoms with Gasteiger partial charge in [0, 0.05) is 6.92 Å². The first-order chi connectivity index (χ1) is 4.50. The zero-order valence-corrected chi connectivity index (χ0v) is 7.87. The van der Waals surface area contributed by atoms with Crippen molar-refractivity contribution in [3.63, 3.8) is 0 Å². The highest BCUT2D eigenvalue weighted by Gasteiger charge is 2.24. The summed E-state index contributed by atoms with van der Waals surface area (Å²) < 4.78 is 15.7. The fourth-order valence-corrected chi connectivity index (χ4v) is 0.743. The Hall–Kier alpha value is -0.120. The molecule has 0 aromatic carbocycles. The molecular formula is C6H10ClO2P. The Bertz CT molecular complexity index is 202. The molecule has 2 nitrogen and oxygen atoms in total. The third-order valence-corrected chi connectivity index (χ3v) is 3.84. The van der Waals surface area contributed by atoms with Gasteiger partial charge in [0.1, 0.15) is 6.11 Å². The summed E-state index contributed by atoms with van der Waals surface area (Å²) in [6.45, 7) is 2.07. The Labute approximate surface area is 66.1 Å². The summed E-state index contributed by atoms with van der Waals surface area (Å²) >= 11 is 5.48. The van der Waals surface area contributed by atoms with Crippen molar-refractivity contribution in [1.29, 1.82) is 0 Å². The van der Waals surface area contributed by atoms with Crippen LogP contribution in [0.2, 0.25) is 0 Å². The van der Waals surface area contributed by atoms with Gasteiger partial charge >= 0.3 is 6.72 Å². The van der Waals surface area contributed by atoms with E-state index < -0.39 is 6.72 Å². The average Bonchev–Trinajstić information content (AvgIpc) is 1.84. The molecule has 0 bridgehead atoms. The summed E-state index contributed by atoms with van der Waals surface area (Å²) in [6, 6.07) is 0. The molecule has 0 saturated heterocycles. The van der Waals surface area contributed by atoms with E-state index in [0.29, 0.717) is 0 Å². The van der Waals surface area contributed by atoms with Crippen LogP contribution in [0.1, 0.15) is 20.8 Å². The molecule has 0 fully saturated rings. The van der Waals surface area contributed by atoms with E-state index in [2.05, 4.69) is 16.6 Å². The molecule has 0 spiro atoms. The molecule has 0 amide bonds. The molecule has 0 aliphatic heterocycles. The van der Waals surface area contributed by atoms with Crippen LogP contribution >= 0.6 is 18.0 Å². The van der Waals surface area contributed by atoms with Gasteiger partial charge in [0.2, 0.25) is 0 Å². The lowest BCUT2D eigenvalue weighted by molar-refractivity contribution is 0.470. The molecule has 0 aliphatic rings. The quantitative estimate of drug-likeness (QED) is 0.483. The molecule has 0 heterocycles. The minimum atomic E-state index is -2.98. The number of rotatable bonds is 2. The fourth-order valence-electron chi connectivity index (χ4n) is 0.213. The van der Waals surface area contributed by atoms with Crippen LogP contribution in [0.3, 0.4) is 0 Å². The van der Waals surface area contributed by atoms with Crippen LogP contribution in [0, 0.1) is 12.0 Å². The van der Waals surface area contributed by atoms with Crippen LogP contribution in [-0.4, -0.2) is 5.66 Å². The first-order valence-electron chi connectivity index (χ1n) is 2.90. The van der Waals surface area contributed by atoms with Crippen molar-refractivity contribution in [3.05, 3.63) is 0 Å². The lowest BCUT2D eigenvalue weighted by Crippen LogP contribution is -1.92. The lowest BCUT2D eigenvalue weighted by Gasteiger charge is -2.09. The molecule has 10 heavy (non-hydrogen) atoms. The van der Waals surface area contributed by atoms with Crippen molar-refractivity contribution in [1.82, 2.24) is 0 Å². The van der Waals surface area contributed by atoms with Crippen molar-refractivity contribution in [2.75, 3.05) is 0 Å². The van der Waals surface area contributed by atoms with Crippen LogP contribution < -0.4 is 0 Å². The molecule has 0 rings (SSSR count). The van der Waals surface area contributed by atoms with Gasteiger partial charge in [-0.3, -0.25) is 4.57 Å². The van der Waals surface area contributed by atoms with Gasteiger partial charge in [-0.05, 0) is 11.2 Å². The van der Waals surface area contributed by atoms with Gasteiger partial charge in [-0.2, -0.15) is 0 Å². The van der Waals surface area contributed by atoms with Crippen LogP contribution in [-0.2, 0) is 9.09 Å². The van der Waals surface area contributed by atoms with E-state index in [1.807, 2.05) is 0 Å². The van der Waals surface area contributed by atoms with E-state index in [9.17, 15) is 4.57 Å². The lowest BCUT2D eigenvalue weighted by atomic mass is 10.6. The Morgan fingerprint density at radius 1 is 1.60 bits per heavy atom. The smallest absolute Gasteiger partial charge is 0.347 e. The van der Waals surface area contributed by atoms with Crippen molar-refractivity contribution in [3.8, 4) is 12.0 Å². The Morgan fingerprint density at radius 2 is 2.10 bits per heavy atom. The minimum Gasteiger partial charge on any atom is -0.379 e. The van der Waals surface area contributed by atoms with Gasteiger partial charge in [0.05, 0.1) is 5.66 Å². The van der Waals surface area contributed by atoms with E-state index in [0.717, 1.165) is 0 Å². The Balaban J connectivity index is 4.10. The molecule has 4 heteroatoms. The van der Waals surface area contributed by atoms with Crippen molar-refractivity contribution < 1.29 is 9.09 Å². The van der Waals surface area contributed by atoms with E-state index in [4.69, 9.17) is 11.2 Å². The standard InChI is InChI=1S/C6H10ClO2P/c1-4-5-9-10(7,8)6(2)3/h6H,1-3H3. The molecule has 58 valence electrons. The predicted octanol–water partition coefficient (Wildman–Crippen LogP) is 2.82. The van der Waals surface area contributed by atoms with E-state index in [1.165, 1.54) is 0 Å². The molecule has 0 N–H and O–H groups in total. The van der Waals surface area contributed by atoms with E-state index >= 15 is 0 Å². The second kappa shape index (κ2) is 3.91. The highest BCUT2D eigenvalue weighted by atomic mass is 35.7. The SMILES string of the molecule is CC#COP(=O)(Cl)C(C)C. The molecule has 0 aliphatic carbocycles. The maximum absolute atomic E-state index is 11.1. The molecular weight excluding hydrogens is 170 g/mol. The molecule has 0 saturated carbocycles. The van der Waals surface area contributed by atoms with Crippen LogP contribution in [0.4, 0.5) is 0 Å². The average molecular weight is 181 g/mol. The Kier molecular flexibility index (Phi) is 3.86. The molecule has 1 unspecified atom stereocenters. The molecule has 0 aromatic rings. The number of hydrogen-bond donors (Lipinski definition) is 0. The third-order valence-electron chi connectivity index (χ3n) is 0.889. The monoisotopic (exact) mass is 180 g/mol. The maximum Gasteiger partial charge on any atom is 0.347 e. The van der Waals surface area contributed by atoms with Crippen LogP contribution in [0.15, 0.2) is 0 Å². The summed E-state index contributed by atoms with van der Waals surface area (Å²) in [5.74, 6) is 2.45. The minimum absolute atomic E-state index is 0.185. The molecule has 1 atom stereocenters. The summed E-state index contributed by atoms with van der Waals surface area (Å²) in [5, 5.41) is 0. The first kappa shape index (κ1) is 9.88. The maximum atomic E-state index is 11.1. The summed E-state index contributed by atoms with van der Waals surface area (Å²) in [6.07, 6.45) is 2.22. The normalized spacial score (nSPS) is 15.3. The van der Waals surface area contributed by atoms with Crippen molar-refractivity contribution in [2.24, 2.45) is 0 Å². The van der Waals surface area contributed by atoms with Crippen molar-refractivity contribution in [2.45, 2.75) is 26.4 Å². The second-order valence-electron chi connectivity index (χ2n) is 2.06. The molecule has 0 radical (unpaired) electrons. The summed E-state index contributed by atoms with van der Waals surface area (Å²) in [7, 11) is 0. The highest BCUT2D eigenvalue weighted by molar-refractivity contribution is 7.85. The number of hydrogen-bond acceptors (Lipinski definition) is 2. The summed E-state index contributed by atoms with van der Waals surface area (Å²) in [4.78, 5) is 0. The third kappa shape index (κ3) is 3.15. The Morgan fingerprint density at radius 3 is 2.40 bits per heavy atom. The van der Waals surface area contributed by atoms with Gasteiger partial charge in [-0.25, -0.2) is 0 Å². The van der Waals surface area contributed by atoms with Gasteiger partial charge < -0.3 is 4.52 Å². The first-order valence-corrected chi connectivity index (χ1v) is 5.50. The topological polar surface area (TPSA) is 26.3 Å². The summed E-state index contributed by atoms with van der Waals surface area (Å²) in [5.41, 5.74) is -0.185. The largest absolute Gasteiger partial charge is 0.379 e. The predicted molar refractivity (Wildman–Crippen MR) is 43.1 cm³/mol. The number of halogens is 1. The van der Waals surface area contributed by atoms with E-state index in [1.54, 1.807) is 20.8 Å². The van der Waals surface area contributed by atoms with Gasteiger partial charge in [0.25, 0.3) is 0 Å². The fraction of sp³-hybridized carbons (Fsp3) is 0.667. The molecule has 0 aromatic heterocycles. The zero-order valence-electron chi connectivity index (χ0n) is 6.22. The second-order valence-corrected chi connectivity index (χ2v) is 5.73. The zero-order chi connectivity index (χ0) is 8.20. The van der Waals surface area contributed by atoms with Crippen LogP contribution in [0.25, 0.3) is 0 Å².